The van der Waals surface area contributed by atoms with Crippen molar-refractivity contribution >= 4 is 17.9 Å². The number of hydrogen-bond acceptors (Lipinski definition) is 6. The highest BCUT2D eigenvalue weighted by atomic mass is 16.6. The van der Waals surface area contributed by atoms with E-state index in [4.69, 9.17) is 14.2 Å². The maximum Gasteiger partial charge on any atom is 0.306 e. The summed E-state index contributed by atoms with van der Waals surface area (Å²) in [6, 6.07) is 0. The predicted octanol–water partition coefficient (Wildman–Crippen LogP) is 16.8. The van der Waals surface area contributed by atoms with Crippen molar-refractivity contribution in [2.75, 3.05) is 13.2 Å². The molecule has 0 saturated carbocycles. The average Bonchev–Trinajstić information content (AvgIpc) is 3.20. The van der Waals surface area contributed by atoms with E-state index in [1.807, 2.05) is 0 Å². The van der Waals surface area contributed by atoms with Crippen molar-refractivity contribution in [1.29, 1.82) is 0 Å². The van der Waals surface area contributed by atoms with Crippen molar-refractivity contribution in [3.63, 3.8) is 0 Å². The van der Waals surface area contributed by atoms with Crippen LogP contribution in [0, 0.1) is 17.8 Å². The van der Waals surface area contributed by atoms with E-state index in [1.54, 1.807) is 0 Å². The standard InChI is InChI=1S/C53H102O6/c1-7-49(6)41-35-29-23-17-12-13-19-26-32-38-44-53(56)59-50(46-58-52(55)43-37-31-25-20-14-16-22-28-34-40-48(4)5)45-57-51(54)42-36-30-24-18-11-9-8-10-15-21-27-33-39-47(2)3/h47-50H,7-46H2,1-6H3/t49?,50-/m0/s1. The van der Waals surface area contributed by atoms with Gasteiger partial charge >= 0.3 is 17.9 Å². The summed E-state index contributed by atoms with van der Waals surface area (Å²) in [4.78, 5) is 38.0. The Hall–Kier alpha value is -1.59. The van der Waals surface area contributed by atoms with Crippen LogP contribution in [0.1, 0.15) is 286 Å². The van der Waals surface area contributed by atoms with Gasteiger partial charge in [-0.3, -0.25) is 14.4 Å². The lowest BCUT2D eigenvalue weighted by Gasteiger charge is -2.18. The van der Waals surface area contributed by atoms with Gasteiger partial charge in [0.1, 0.15) is 13.2 Å². The van der Waals surface area contributed by atoms with Gasteiger partial charge in [0.05, 0.1) is 0 Å². The van der Waals surface area contributed by atoms with Crippen LogP contribution < -0.4 is 0 Å². The average molecular weight is 835 g/mol. The molecule has 59 heavy (non-hydrogen) atoms. The third-order valence-corrected chi connectivity index (χ3v) is 12.3. The molecule has 0 aromatic carbocycles. The lowest BCUT2D eigenvalue weighted by atomic mass is 9.99. The summed E-state index contributed by atoms with van der Waals surface area (Å²) < 4.78 is 16.8. The molecule has 0 fully saturated rings. The van der Waals surface area contributed by atoms with E-state index in [0.717, 1.165) is 75.5 Å². The minimum atomic E-state index is -0.763. The Kier molecular flexibility index (Phi) is 43.3. The molecule has 0 rings (SSSR count). The van der Waals surface area contributed by atoms with Gasteiger partial charge in [-0.2, -0.15) is 0 Å². The smallest absolute Gasteiger partial charge is 0.306 e. The number of carbonyl (C=O) groups excluding carboxylic acids is 3. The summed E-state index contributed by atoms with van der Waals surface area (Å²) in [6.07, 6.45) is 43.7. The summed E-state index contributed by atoms with van der Waals surface area (Å²) in [5.41, 5.74) is 0. The zero-order valence-electron chi connectivity index (χ0n) is 40.5. The lowest BCUT2D eigenvalue weighted by molar-refractivity contribution is -0.167. The van der Waals surface area contributed by atoms with Gasteiger partial charge < -0.3 is 14.2 Å². The highest BCUT2D eigenvalue weighted by Crippen LogP contribution is 2.18. The quantitative estimate of drug-likeness (QED) is 0.0345. The normalized spacial score (nSPS) is 12.6. The summed E-state index contributed by atoms with van der Waals surface area (Å²) in [5.74, 6) is 1.66. The summed E-state index contributed by atoms with van der Waals surface area (Å²) in [5, 5.41) is 0. The molecular formula is C53H102O6. The maximum atomic E-state index is 12.8. The highest BCUT2D eigenvalue weighted by Gasteiger charge is 2.19. The number of rotatable bonds is 46. The fourth-order valence-electron chi connectivity index (χ4n) is 7.91. The van der Waals surface area contributed by atoms with Gasteiger partial charge in [-0.25, -0.2) is 0 Å². The van der Waals surface area contributed by atoms with Gasteiger partial charge in [-0.1, -0.05) is 247 Å². The van der Waals surface area contributed by atoms with Crippen molar-refractivity contribution in [3.8, 4) is 0 Å². The molecule has 0 saturated heterocycles. The Balaban J connectivity index is 4.33. The zero-order valence-corrected chi connectivity index (χ0v) is 40.5. The Morgan fingerprint density at radius 3 is 0.881 bits per heavy atom. The van der Waals surface area contributed by atoms with E-state index in [-0.39, 0.29) is 31.1 Å². The Labute approximate surface area is 368 Å². The van der Waals surface area contributed by atoms with Crippen LogP contribution in [0.25, 0.3) is 0 Å². The molecular weight excluding hydrogens is 733 g/mol. The molecule has 6 heteroatoms. The van der Waals surface area contributed by atoms with Gasteiger partial charge in [-0.15, -0.1) is 0 Å². The van der Waals surface area contributed by atoms with Gasteiger partial charge in [0.25, 0.3) is 0 Å². The largest absolute Gasteiger partial charge is 0.462 e. The zero-order chi connectivity index (χ0) is 43.4. The molecule has 1 unspecified atom stereocenters. The Bertz CT molecular complexity index is 916. The second-order valence-electron chi connectivity index (χ2n) is 19.4. The first-order valence-electron chi connectivity index (χ1n) is 26.1. The van der Waals surface area contributed by atoms with Crippen LogP contribution in [0.3, 0.4) is 0 Å². The third-order valence-electron chi connectivity index (χ3n) is 12.3. The number of carbonyl (C=O) groups is 3. The van der Waals surface area contributed by atoms with E-state index in [9.17, 15) is 14.4 Å². The summed E-state index contributed by atoms with van der Waals surface area (Å²) in [6.45, 7) is 13.7. The SMILES string of the molecule is CCC(C)CCCCCCCCCCCCC(=O)O[C@@H](COC(=O)CCCCCCCCCCCCCCC(C)C)COC(=O)CCCCCCCCCCCC(C)C. The van der Waals surface area contributed by atoms with E-state index in [1.165, 1.54) is 167 Å². The molecule has 350 valence electrons. The van der Waals surface area contributed by atoms with Crippen molar-refractivity contribution in [2.24, 2.45) is 17.8 Å². The van der Waals surface area contributed by atoms with Crippen LogP contribution in [0.2, 0.25) is 0 Å². The monoisotopic (exact) mass is 835 g/mol. The van der Waals surface area contributed by atoms with Crippen LogP contribution >= 0.6 is 0 Å². The molecule has 0 heterocycles. The fourth-order valence-corrected chi connectivity index (χ4v) is 7.91. The third kappa shape index (κ3) is 45.8. The van der Waals surface area contributed by atoms with Crippen LogP contribution in [-0.2, 0) is 28.6 Å². The minimum absolute atomic E-state index is 0.0648. The summed E-state index contributed by atoms with van der Waals surface area (Å²) >= 11 is 0. The van der Waals surface area contributed by atoms with Crippen LogP contribution in [-0.4, -0.2) is 37.2 Å². The number of ether oxygens (including phenoxy) is 3. The van der Waals surface area contributed by atoms with Crippen molar-refractivity contribution in [2.45, 2.75) is 292 Å². The molecule has 0 aliphatic carbocycles. The fraction of sp³-hybridized carbons (Fsp3) is 0.943. The van der Waals surface area contributed by atoms with Gasteiger partial charge in [0.2, 0.25) is 0 Å². The predicted molar refractivity (Wildman–Crippen MR) is 252 cm³/mol. The van der Waals surface area contributed by atoms with E-state index >= 15 is 0 Å². The van der Waals surface area contributed by atoms with Crippen LogP contribution in [0.4, 0.5) is 0 Å². The highest BCUT2D eigenvalue weighted by molar-refractivity contribution is 5.71. The molecule has 0 aliphatic heterocycles. The number of hydrogen-bond donors (Lipinski definition) is 0. The molecule has 0 spiro atoms. The van der Waals surface area contributed by atoms with Crippen LogP contribution in [0.5, 0.6) is 0 Å². The molecule has 0 radical (unpaired) electrons. The molecule has 2 atom stereocenters. The van der Waals surface area contributed by atoms with E-state index in [2.05, 4.69) is 41.5 Å². The minimum Gasteiger partial charge on any atom is -0.462 e. The first kappa shape index (κ1) is 57.4. The molecule has 0 amide bonds. The lowest BCUT2D eigenvalue weighted by Crippen LogP contribution is -2.30. The molecule has 0 bridgehead atoms. The molecule has 0 aliphatic rings. The van der Waals surface area contributed by atoms with E-state index in [0.29, 0.717) is 19.3 Å². The number of esters is 3. The van der Waals surface area contributed by atoms with Crippen molar-refractivity contribution < 1.29 is 28.6 Å². The molecule has 0 aromatic rings. The second-order valence-corrected chi connectivity index (χ2v) is 19.4. The van der Waals surface area contributed by atoms with Crippen molar-refractivity contribution in [1.82, 2.24) is 0 Å². The Morgan fingerprint density at radius 2 is 0.593 bits per heavy atom. The number of unbranched alkanes of at least 4 members (excludes halogenated alkanes) is 28. The van der Waals surface area contributed by atoms with Crippen LogP contribution in [0.15, 0.2) is 0 Å². The topological polar surface area (TPSA) is 78.9 Å². The molecule has 6 nitrogen and oxygen atoms in total. The first-order chi connectivity index (χ1) is 28.6. The van der Waals surface area contributed by atoms with Gasteiger partial charge in [-0.05, 0) is 37.0 Å². The van der Waals surface area contributed by atoms with Gasteiger partial charge in [0, 0.05) is 19.3 Å². The second kappa shape index (κ2) is 44.5. The van der Waals surface area contributed by atoms with E-state index < -0.39 is 6.10 Å². The maximum absolute atomic E-state index is 12.8. The van der Waals surface area contributed by atoms with Gasteiger partial charge in [0.15, 0.2) is 6.10 Å². The summed E-state index contributed by atoms with van der Waals surface area (Å²) in [7, 11) is 0. The van der Waals surface area contributed by atoms with Crippen molar-refractivity contribution in [3.05, 3.63) is 0 Å². The first-order valence-corrected chi connectivity index (χ1v) is 26.1. The Morgan fingerprint density at radius 1 is 0.339 bits per heavy atom. The molecule has 0 N–H and O–H groups in total. The molecule has 0 aromatic heterocycles.